The highest BCUT2D eigenvalue weighted by Crippen LogP contribution is 2.41. The van der Waals surface area contributed by atoms with Crippen LogP contribution in [0.25, 0.3) is 16.5 Å². The zero-order valence-electron chi connectivity index (χ0n) is 23.8. The number of carbonyl (C=O) groups is 2. The van der Waals surface area contributed by atoms with E-state index in [4.69, 9.17) is 12.2 Å². The third kappa shape index (κ3) is 5.47. The Morgan fingerprint density at radius 3 is 2.53 bits per heavy atom. The van der Waals surface area contributed by atoms with Crippen molar-refractivity contribution >= 4 is 45.7 Å². The van der Waals surface area contributed by atoms with Crippen LogP contribution in [0.1, 0.15) is 51.5 Å². The molecule has 0 saturated carbocycles. The Hall–Kier alpha value is -5.02. The lowest BCUT2D eigenvalue weighted by Crippen LogP contribution is -2.33. The smallest absolute Gasteiger partial charge is 0.335 e. The number of aromatic nitrogens is 2. The van der Waals surface area contributed by atoms with Crippen molar-refractivity contribution in [1.82, 2.24) is 19.8 Å². The van der Waals surface area contributed by atoms with Gasteiger partial charge in [-0.1, -0.05) is 48.5 Å². The number of carboxylic acids is 1. The maximum Gasteiger partial charge on any atom is 0.335 e. The molecule has 1 saturated heterocycles. The van der Waals surface area contributed by atoms with Crippen molar-refractivity contribution in [2.24, 2.45) is 0 Å². The van der Waals surface area contributed by atoms with Gasteiger partial charge < -0.3 is 25.2 Å². The minimum absolute atomic E-state index is 0.102. The number of anilines is 1. The van der Waals surface area contributed by atoms with Crippen LogP contribution in [0.5, 0.6) is 0 Å². The summed E-state index contributed by atoms with van der Waals surface area (Å²) in [5.41, 5.74) is 5.56. The Morgan fingerprint density at radius 2 is 1.74 bits per heavy atom. The second-order valence-electron chi connectivity index (χ2n) is 10.7. The number of rotatable bonds is 8. The van der Waals surface area contributed by atoms with E-state index in [2.05, 4.69) is 31.2 Å². The van der Waals surface area contributed by atoms with E-state index in [0.29, 0.717) is 11.7 Å². The highest BCUT2D eigenvalue weighted by atomic mass is 32.1. The van der Waals surface area contributed by atoms with E-state index >= 15 is 0 Å². The molecular weight excluding hydrogens is 558 g/mol. The minimum atomic E-state index is -0.974. The molecule has 0 unspecified atom stereocenters. The van der Waals surface area contributed by atoms with Crippen LogP contribution in [-0.2, 0) is 4.79 Å². The molecule has 3 heterocycles. The van der Waals surface area contributed by atoms with Gasteiger partial charge in [-0.2, -0.15) is 0 Å². The van der Waals surface area contributed by atoms with Gasteiger partial charge in [0.15, 0.2) is 5.11 Å². The molecule has 1 fully saturated rings. The van der Waals surface area contributed by atoms with Gasteiger partial charge in [-0.3, -0.25) is 9.78 Å². The van der Waals surface area contributed by atoms with Crippen LogP contribution in [0.15, 0.2) is 97.2 Å². The Morgan fingerprint density at radius 1 is 0.977 bits per heavy atom. The SMILES string of the molecule is Cc1cc([C@@H]2[C@H](c3ccccn3)NC(=S)N2CCC(=O)Nc2cccc3ccccc23)c(C)n1-c1cccc(C(=O)O)c1. The predicted octanol–water partition coefficient (Wildman–Crippen LogP) is 6.34. The van der Waals surface area contributed by atoms with Crippen LogP contribution < -0.4 is 10.6 Å². The molecule has 5 aromatic rings. The summed E-state index contributed by atoms with van der Waals surface area (Å²) in [7, 11) is 0. The van der Waals surface area contributed by atoms with Gasteiger partial charge in [0.05, 0.1) is 23.3 Å². The van der Waals surface area contributed by atoms with Crippen molar-refractivity contribution in [3.05, 3.63) is 125 Å². The molecule has 8 nitrogen and oxygen atoms in total. The van der Waals surface area contributed by atoms with Crippen molar-refractivity contribution in [3.63, 3.8) is 0 Å². The maximum atomic E-state index is 13.2. The zero-order valence-corrected chi connectivity index (χ0v) is 24.6. The monoisotopic (exact) mass is 589 g/mol. The van der Waals surface area contributed by atoms with E-state index in [9.17, 15) is 14.7 Å². The zero-order chi connectivity index (χ0) is 30.1. The molecule has 2 aromatic heterocycles. The predicted molar refractivity (Wildman–Crippen MR) is 172 cm³/mol. The lowest BCUT2D eigenvalue weighted by atomic mass is 9.96. The van der Waals surface area contributed by atoms with Gasteiger partial charge in [-0.15, -0.1) is 0 Å². The average molecular weight is 590 g/mol. The van der Waals surface area contributed by atoms with E-state index in [1.807, 2.05) is 80.6 Å². The van der Waals surface area contributed by atoms with Gasteiger partial charge in [0.25, 0.3) is 0 Å². The molecule has 43 heavy (non-hydrogen) atoms. The average Bonchev–Trinajstić information content (AvgIpc) is 3.50. The van der Waals surface area contributed by atoms with Gasteiger partial charge in [0, 0.05) is 47.3 Å². The topological polar surface area (TPSA) is 99.5 Å². The number of aromatic carboxylic acids is 1. The Balaban J connectivity index is 1.32. The quantitative estimate of drug-likeness (QED) is 0.182. The molecule has 0 aliphatic carbocycles. The largest absolute Gasteiger partial charge is 0.478 e. The van der Waals surface area contributed by atoms with Gasteiger partial charge in [-0.05, 0) is 79.5 Å². The molecule has 0 radical (unpaired) electrons. The molecular formula is C34H31N5O3S. The van der Waals surface area contributed by atoms with Gasteiger partial charge >= 0.3 is 5.97 Å². The Kier molecular flexibility index (Phi) is 7.65. The second-order valence-corrected chi connectivity index (χ2v) is 11.0. The van der Waals surface area contributed by atoms with Gasteiger partial charge in [0.1, 0.15) is 0 Å². The minimum Gasteiger partial charge on any atom is -0.478 e. The van der Waals surface area contributed by atoms with E-state index in [1.54, 1.807) is 24.4 Å². The number of nitrogens with zero attached hydrogens (tertiary/aromatic N) is 3. The van der Waals surface area contributed by atoms with Crippen LogP contribution in [0.3, 0.4) is 0 Å². The lowest BCUT2D eigenvalue weighted by molar-refractivity contribution is -0.116. The summed E-state index contributed by atoms with van der Waals surface area (Å²) in [5, 5.41) is 18.7. The van der Waals surface area contributed by atoms with Crippen LogP contribution in [-0.4, -0.2) is 43.1 Å². The third-order valence-electron chi connectivity index (χ3n) is 7.98. The van der Waals surface area contributed by atoms with E-state index in [1.165, 1.54) is 0 Å². The van der Waals surface area contributed by atoms with Crippen LogP contribution in [0, 0.1) is 13.8 Å². The second kappa shape index (κ2) is 11.7. The van der Waals surface area contributed by atoms with Crippen molar-refractivity contribution in [2.75, 3.05) is 11.9 Å². The summed E-state index contributed by atoms with van der Waals surface area (Å²) in [5.74, 6) is -1.08. The molecule has 0 bridgehead atoms. The van der Waals surface area contributed by atoms with Crippen LogP contribution >= 0.6 is 12.2 Å². The maximum absolute atomic E-state index is 13.2. The van der Waals surface area contributed by atoms with E-state index in [0.717, 1.165) is 44.8 Å². The standard InChI is InChI=1S/C34H31N5O3S/c1-21-19-27(22(2)39(21)25-12-7-11-24(20-25)33(41)42)32-31(29-14-5-6-17-35-29)37-34(43)38(32)18-16-30(40)36-28-15-8-10-23-9-3-4-13-26(23)28/h3-15,17,19-20,31-32H,16,18H2,1-2H3,(H,36,40)(H,37,43)(H,41,42)/t31-,32+/m0/s1. The molecule has 216 valence electrons. The van der Waals surface area contributed by atoms with Crippen LogP contribution in [0.4, 0.5) is 5.69 Å². The number of amides is 1. The number of nitrogens with one attached hydrogen (secondary N) is 2. The summed E-state index contributed by atoms with van der Waals surface area (Å²) in [4.78, 5) is 31.6. The fraction of sp³-hybridized carbons (Fsp3) is 0.176. The first kappa shape index (κ1) is 28.1. The van der Waals surface area contributed by atoms with E-state index < -0.39 is 5.97 Å². The number of carbonyl (C=O) groups excluding carboxylic acids is 1. The number of pyridine rings is 1. The first-order chi connectivity index (χ1) is 20.8. The van der Waals surface area contributed by atoms with Crippen molar-refractivity contribution in [1.29, 1.82) is 0 Å². The summed E-state index contributed by atoms with van der Waals surface area (Å²) in [6.07, 6.45) is 1.99. The molecule has 0 spiro atoms. The normalized spacial score (nSPS) is 16.3. The first-order valence-electron chi connectivity index (χ1n) is 14.1. The molecule has 2 atom stereocenters. The summed E-state index contributed by atoms with van der Waals surface area (Å²) in [6.45, 7) is 4.43. The summed E-state index contributed by atoms with van der Waals surface area (Å²) in [6, 6.07) is 28.2. The fourth-order valence-corrected chi connectivity index (χ4v) is 6.35. The molecule has 6 rings (SSSR count). The highest BCUT2D eigenvalue weighted by Gasteiger charge is 2.41. The fourth-order valence-electron chi connectivity index (χ4n) is 6.02. The molecule has 3 N–H and O–H groups in total. The first-order valence-corrected chi connectivity index (χ1v) is 14.5. The number of hydrogen-bond donors (Lipinski definition) is 3. The summed E-state index contributed by atoms with van der Waals surface area (Å²) >= 11 is 5.84. The van der Waals surface area contributed by atoms with Crippen molar-refractivity contribution in [2.45, 2.75) is 32.4 Å². The van der Waals surface area contributed by atoms with Crippen LogP contribution in [0.2, 0.25) is 0 Å². The molecule has 1 amide bonds. The number of carboxylic acid groups (broad SMARTS) is 1. The third-order valence-corrected chi connectivity index (χ3v) is 8.33. The molecule has 1 aliphatic rings. The number of hydrogen-bond acceptors (Lipinski definition) is 4. The molecule has 1 aliphatic heterocycles. The number of aryl methyl sites for hydroxylation is 1. The number of benzene rings is 3. The highest BCUT2D eigenvalue weighted by molar-refractivity contribution is 7.80. The Bertz CT molecular complexity index is 1850. The van der Waals surface area contributed by atoms with E-state index in [-0.39, 0.29) is 30.0 Å². The summed E-state index contributed by atoms with van der Waals surface area (Å²) < 4.78 is 2.06. The van der Waals surface area contributed by atoms with Gasteiger partial charge in [-0.25, -0.2) is 4.79 Å². The number of fused-ring (bicyclic) bond motifs is 1. The molecule has 3 aromatic carbocycles. The Labute approximate surface area is 255 Å². The van der Waals surface area contributed by atoms with Crippen molar-refractivity contribution < 1.29 is 14.7 Å². The van der Waals surface area contributed by atoms with Gasteiger partial charge in [0.2, 0.25) is 5.91 Å². The van der Waals surface area contributed by atoms with Crippen molar-refractivity contribution in [3.8, 4) is 5.69 Å². The lowest BCUT2D eigenvalue weighted by Gasteiger charge is -2.28. The number of thiocarbonyl (C=S) groups is 1. The molecule has 9 heteroatoms.